The zero-order valence-electron chi connectivity index (χ0n) is 16.6. The van der Waals surface area contributed by atoms with Crippen LogP contribution in [0.1, 0.15) is 49.7 Å². The van der Waals surface area contributed by atoms with Crippen LogP contribution in [0.15, 0.2) is 36.4 Å². The summed E-state index contributed by atoms with van der Waals surface area (Å²) in [6, 6.07) is 8.67. The van der Waals surface area contributed by atoms with Gasteiger partial charge >= 0.3 is 5.97 Å². The number of H-pyrrole nitrogens is 1. The Balaban J connectivity index is 1.60. The van der Waals surface area contributed by atoms with Crippen LogP contribution in [0.5, 0.6) is 0 Å². The normalized spacial score (nSPS) is 27.4. The van der Waals surface area contributed by atoms with Gasteiger partial charge in [-0.2, -0.15) is 0 Å². The summed E-state index contributed by atoms with van der Waals surface area (Å²) in [5, 5.41) is 1.14. The van der Waals surface area contributed by atoms with Crippen molar-refractivity contribution >= 4 is 16.9 Å². The Hall–Kier alpha value is -2.07. The van der Waals surface area contributed by atoms with Crippen LogP contribution < -0.4 is 0 Å². The van der Waals surface area contributed by atoms with E-state index in [1.165, 1.54) is 12.8 Å². The molecule has 3 unspecified atom stereocenters. The van der Waals surface area contributed by atoms with E-state index in [-0.39, 0.29) is 5.97 Å². The van der Waals surface area contributed by atoms with Crippen molar-refractivity contribution in [1.29, 1.82) is 0 Å². The zero-order chi connectivity index (χ0) is 19.0. The molecule has 1 saturated heterocycles. The van der Waals surface area contributed by atoms with Crippen LogP contribution in [0.25, 0.3) is 10.9 Å². The summed E-state index contributed by atoms with van der Waals surface area (Å²) in [6.45, 7) is 9.08. The molecular weight excluding hydrogens is 336 g/mol. The Morgan fingerprint density at radius 2 is 2.11 bits per heavy atom. The number of carbonyl (C=O) groups is 1. The molecule has 144 valence electrons. The molecule has 1 aromatic heterocycles. The van der Waals surface area contributed by atoms with Gasteiger partial charge in [-0.25, -0.2) is 4.79 Å². The van der Waals surface area contributed by atoms with E-state index in [1.807, 2.05) is 25.1 Å². The SMILES string of the molecule is CCOC(=O)c1[nH]c2ccccc2c1CCN1CC2C=CC1C(C)(CC)C2. The third-order valence-electron chi connectivity index (χ3n) is 6.62. The largest absolute Gasteiger partial charge is 0.461 e. The molecule has 2 bridgehead atoms. The minimum atomic E-state index is -0.248. The minimum absolute atomic E-state index is 0.248. The second kappa shape index (κ2) is 7.16. The van der Waals surface area contributed by atoms with Crippen molar-refractivity contribution in [2.24, 2.45) is 11.3 Å². The van der Waals surface area contributed by atoms with Crippen molar-refractivity contribution in [2.45, 2.75) is 46.1 Å². The average molecular weight is 367 g/mol. The maximum absolute atomic E-state index is 12.5. The lowest BCUT2D eigenvalue weighted by Crippen LogP contribution is -2.55. The highest BCUT2D eigenvalue weighted by Gasteiger charge is 2.44. The quantitative estimate of drug-likeness (QED) is 0.602. The van der Waals surface area contributed by atoms with Gasteiger partial charge in [0, 0.05) is 30.0 Å². The first-order chi connectivity index (χ1) is 13.1. The van der Waals surface area contributed by atoms with E-state index in [9.17, 15) is 4.79 Å². The number of piperidine rings is 1. The highest BCUT2D eigenvalue weighted by molar-refractivity contribution is 5.98. The number of rotatable bonds is 6. The fraction of sp³-hybridized carbons (Fsp3) is 0.522. The third-order valence-corrected chi connectivity index (χ3v) is 6.62. The summed E-state index contributed by atoms with van der Waals surface area (Å²) in [7, 11) is 0. The summed E-state index contributed by atoms with van der Waals surface area (Å²) in [5.74, 6) is 0.412. The summed E-state index contributed by atoms with van der Waals surface area (Å²) >= 11 is 0. The summed E-state index contributed by atoms with van der Waals surface area (Å²) in [5.41, 5.74) is 3.08. The van der Waals surface area contributed by atoms with Crippen molar-refractivity contribution in [1.82, 2.24) is 9.88 Å². The summed E-state index contributed by atoms with van der Waals surface area (Å²) in [4.78, 5) is 18.4. The number of fused-ring (bicyclic) bond motifs is 3. The Bertz CT molecular complexity index is 868. The van der Waals surface area contributed by atoms with Crippen molar-refractivity contribution < 1.29 is 9.53 Å². The topological polar surface area (TPSA) is 45.3 Å². The zero-order valence-corrected chi connectivity index (χ0v) is 16.6. The molecule has 0 radical (unpaired) electrons. The predicted octanol–water partition coefficient (Wildman–Crippen LogP) is 4.56. The van der Waals surface area contributed by atoms with E-state index < -0.39 is 0 Å². The van der Waals surface area contributed by atoms with Crippen LogP contribution in [0, 0.1) is 11.3 Å². The van der Waals surface area contributed by atoms with Crippen LogP contribution in [-0.4, -0.2) is 41.6 Å². The number of esters is 1. The van der Waals surface area contributed by atoms with E-state index in [4.69, 9.17) is 4.74 Å². The molecule has 3 heterocycles. The number of benzene rings is 1. The predicted molar refractivity (Wildman–Crippen MR) is 109 cm³/mol. The summed E-state index contributed by atoms with van der Waals surface area (Å²) < 4.78 is 5.29. The van der Waals surface area contributed by atoms with Crippen LogP contribution >= 0.6 is 0 Å². The molecule has 0 saturated carbocycles. The highest BCUT2D eigenvalue weighted by atomic mass is 16.5. The van der Waals surface area contributed by atoms with Crippen LogP contribution in [0.4, 0.5) is 0 Å². The highest BCUT2D eigenvalue weighted by Crippen LogP contribution is 2.45. The Morgan fingerprint density at radius 1 is 1.30 bits per heavy atom. The van der Waals surface area contributed by atoms with Crippen molar-refractivity contribution in [2.75, 3.05) is 19.7 Å². The van der Waals surface area contributed by atoms with Gasteiger partial charge in [-0.3, -0.25) is 4.90 Å². The summed E-state index contributed by atoms with van der Waals surface area (Å²) in [6.07, 6.45) is 8.18. The van der Waals surface area contributed by atoms with Gasteiger partial charge in [0.15, 0.2) is 0 Å². The van der Waals surface area contributed by atoms with E-state index in [0.29, 0.717) is 29.7 Å². The lowest BCUT2D eigenvalue weighted by molar-refractivity contribution is 0.0166. The first-order valence-corrected chi connectivity index (χ1v) is 10.2. The van der Waals surface area contributed by atoms with E-state index in [2.05, 4.69) is 41.9 Å². The number of nitrogens with one attached hydrogen (secondary N) is 1. The molecule has 5 rings (SSSR count). The second-order valence-electron chi connectivity index (χ2n) is 8.29. The molecule has 1 aromatic carbocycles. The fourth-order valence-electron chi connectivity index (χ4n) is 5.06. The number of aromatic nitrogens is 1. The molecule has 27 heavy (non-hydrogen) atoms. The number of aromatic amines is 1. The lowest BCUT2D eigenvalue weighted by atomic mass is 9.65. The molecule has 0 amide bonds. The Kier molecular flexibility index (Phi) is 4.85. The van der Waals surface area contributed by atoms with Crippen LogP contribution in [0.3, 0.4) is 0 Å². The molecule has 3 atom stereocenters. The molecule has 3 aliphatic rings. The monoisotopic (exact) mass is 366 g/mol. The van der Waals surface area contributed by atoms with E-state index in [1.54, 1.807) is 0 Å². The Morgan fingerprint density at radius 3 is 2.85 bits per heavy atom. The van der Waals surface area contributed by atoms with Crippen molar-refractivity contribution in [3.8, 4) is 0 Å². The van der Waals surface area contributed by atoms with Crippen molar-refractivity contribution in [3.05, 3.63) is 47.7 Å². The maximum atomic E-state index is 12.5. The van der Waals surface area contributed by atoms with Crippen molar-refractivity contribution in [3.63, 3.8) is 0 Å². The van der Waals surface area contributed by atoms with Gasteiger partial charge in [-0.05, 0) is 49.1 Å². The van der Waals surface area contributed by atoms with Gasteiger partial charge < -0.3 is 9.72 Å². The van der Waals surface area contributed by atoms with Gasteiger partial charge in [0.1, 0.15) is 5.69 Å². The lowest BCUT2D eigenvalue weighted by Gasteiger charge is -2.52. The number of para-hydroxylation sites is 1. The Labute approximate surface area is 161 Å². The maximum Gasteiger partial charge on any atom is 0.355 e. The van der Waals surface area contributed by atoms with Crippen LogP contribution in [0.2, 0.25) is 0 Å². The number of carbonyl (C=O) groups excluding carboxylic acids is 1. The number of hydrogen-bond acceptors (Lipinski definition) is 3. The smallest absolute Gasteiger partial charge is 0.355 e. The first kappa shape index (κ1) is 18.3. The molecule has 4 heteroatoms. The van der Waals surface area contributed by atoms with Gasteiger partial charge in [0.2, 0.25) is 0 Å². The van der Waals surface area contributed by atoms with Gasteiger partial charge in [-0.15, -0.1) is 0 Å². The molecule has 1 fully saturated rings. The molecule has 2 aromatic rings. The molecular formula is C23H30N2O2. The second-order valence-corrected chi connectivity index (χ2v) is 8.29. The van der Waals surface area contributed by atoms with Crippen LogP contribution in [-0.2, 0) is 11.2 Å². The van der Waals surface area contributed by atoms with Gasteiger partial charge in [0.25, 0.3) is 0 Å². The average Bonchev–Trinajstić information content (AvgIpc) is 3.05. The number of hydrogen-bond donors (Lipinski definition) is 1. The van der Waals surface area contributed by atoms with Gasteiger partial charge in [0.05, 0.1) is 6.61 Å². The number of nitrogens with zero attached hydrogens (tertiary/aromatic N) is 1. The first-order valence-electron chi connectivity index (χ1n) is 10.2. The van der Waals surface area contributed by atoms with E-state index in [0.717, 1.165) is 36.0 Å². The number of ether oxygens (including phenoxy) is 1. The molecule has 0 spiro atoms. The van der Waals surface area contributed by atoms with E-state index >= 15 is 0 Å². The van der Waals surface area contributed by atoms with Gasteiger partial charge in [-0.1, -0.05) is 44.2 Å². The molecule has 1 aliphatic carbocycles. The molecule has 1 N–H and O–H groups in total. The standard InChI is InChI=1S/C23H30N2O2/c1-4-23(3)14-16-10-11-20(23)25(15-16)13-12-18-17-8-6-7-9-19(17)24-21(18)22(26)27-5-2/h6-11,16,20,24H,4-5,12-15H2,1-3H3. The molecule has 4 nitrogen and oxygen atoms in total. The minimum Gasteiger partial charge on any atom is -0.461 e. The molecule has 2 aliphatic heterocycles. The third kappa shape index (κ3) is 3.20. The fourth-order valence-corrected chi connectivity index (χ4v) is 5.06.